The molecule has 0 amide bonds. The van der Waals surface area contributed by atoms with Crippen molar-refractivity contribution in [3.63, 3.8) is 0 Å². The van der Waals surface area contributed by atoms with Gasteiger partial charge in [0.2, 0.25) is 0 Å². The fraction of sp³-hybridized carbons (Fsp3) is 0. The number of hydrogen-bond acceptors (Lipinski definition) is 3. The minimum atomic E-state index is 0.529. The van der Waals surface area contributed by atoms with Gasteiger partial charge in [0, 0.05) is 59.8 Å². The maximum Gasteiger partial charge on any atom is 0.166 e. The van der Waals surface area contributed by atoms with Crippen molar-refractivity contribution in [2.24, 2.45) is 0 Å². The highest BCUT2D eigenvalue weighted by Crippen LogP contribution is 2.54. The summed E-state index contributed by atoms with van der Waals surface area (Å²) in [4.78, 5) is 17.1. The molecule has 0 bridgehead atoms. The summed E-state index contributed by atoms with van der Waals surface area (Å²) in [5.74, 6) is 1.67. The summed E-state index contributed by atoms with van der Waals surface area (Å²) >= 11 is 0. The normalized spacial score (nSPS) is 11.9. The molecule has 0 aliphatic heterocycles. The van der Waals surface area contributed by atoms with E-state index in [0.717, 1.165) is 138 Å². The van der Waals surface area contributed by atoms with Crippen LogP contribution in [0.4, 0.5) is 0 Å². The van der Waals surface area contributed by atoms with Crippen LogP contribution in [0.2, 0.25) is 0 Å². The highest BCUT2D eigenvalue weighted by molar-refractivity contribution is 6.18. The minimum absolute atomic E-state index is 0.529. The molecule has 82 heavy (non-hydrogen) atoms. The van der Waals surface area contributed by atoms with Crippen molar-refractivity contribution in [3.05, 3.63) is 285 Å². The second-order valence-corrected chi connectivity index (χ2v) is 21.0. The van der Waals surface area contributed by atoms with Crippen LogP contribution in [-0.2, 0) is 0 Å². The van der Waals surface area contributed by atoms with Gasteiger partial charge in [0.15, 0.2) is 17.5 Å². The molecule has 0 radical (unpaired) electrons. The molecule has 0 N–H and O–H groups in total. The summed E-state index contributed by atoms with van der Waals surface area (Å²) in [6.07, 6.45) is 0. The Morgan fingerprint density at radius 2 is 0.378 bits per heavy atom. The summed E-state index contributed by atoms with van der Waals surface area (Å²) in [6.45, 7) is 0. The quantitative estimate of drug-likeness (QED) is 0.152. The Morgan fingerprint density at radius 3 is 0.659 bits per heavy atom. The van der Waals surface area contributed by atoms with Crippen LogP contribution in [0.5, 0.6) is 0 Å². The van der Waals surface area contributed by atoms with Crippen LogP contribution in [0, 0.1) is 0 Å². The van der Waals surface area contributed by atoms with Crippen molar-refractivity contribution >= 4 is 87.2 Å². The first-order chi connectivity index (χ1) is 40.8. The van der Waals surface area contributed by atoms with Gasteiger partial charge < -0.3 is 18.3 Å². The fourth-order valence-corrected chi connectivity index (χ4v) is 13.2. The molecule has 7 heteroatoms. The molecular weight excluding hydrogens is 999 g/mol. The van der Waals surface area contributed by atoms with Crippen LogP contribution in [0.1, 0.15) is 0 Å². The third-order valence-corrected chi connectivity index (χ3v) is 16.6. The maximum absolute atomic E-state index is 5.84. The molecule has 0 unspecified atom stereocenters. The van der Waals surface area contributed by atoms with Crippen LogP contribution in [0.25, 0.3) is 155 Å². The zero-order valence-corrected chi connectivity index (χ0v) is 44.3. The Balaban J connectivity index is 1.26. The summed E-state index contributed by atoms with van der Waals surface area (Å²) < 4.78 is 10.2. The lowest BCUT2D eigenvalue weighted by atomic mass is 9.91. The summed E-state index contributed by atoms with van der Waals surface area (Å²) in [5, 5.41) is 9.15. The van der Waals surface area contributed by atoms with Crippen LogP contribution < -0.4 is 0 Å². The zero-order chi connectivity index (χ0) is 53.8. The SMILES string of the molecule is c1ccc(-c2nc(-c3ccccc3)nc(-c3c(-c4ccccc4)c(-n4c5ccccc5c5ccccc54)c(-n4c5ccccc5c5ccccc54)c(-n4c5ccccc5c5ccccc54)c3-n3c4ccccc4c4ccccc43)n2)cc1. The van der Waals surface area contributed by atoms with E-state index in [1.807, 2.05) is 12.1 Å². The molecule has 0 aliphatic rings. The van der Waals surface area contributed by atoms with Gasteiger partial charge in [-0.15, -0.1) is 0 Å². The largest absolute Gasteiger partial charge is 0.306 e. The van der Waals surface area contributed by atoms with Gasteiger partial charge in [-0.3, -0.25) is 0 Å². The van der Waals surface area contributed by atoms with E-state index < -0.39 is 0 Å². The first-order valence-electron chi connectivity index (χ1n) is 27.9. The van der Waals surface area contributed by atoms with Crippen molar-refractivity contribution < 1.29 is 0 Å². The first kappa shape index (κ1) is 45.8. The van der Waals surface area contributed by atoms with Crippen LogP contribution >= 0.6 is 0 Å². The van der Waals surface area contributed by atoms with Crippen molar-refractivity contribution in [2.75, 3.05) is 0 Å². The van der Waals surface area contributed by atoms with Gasteiger partial charge in [-0.2, -0.15) is 0 Å². The Labute approximate surface area is 471 Å². The van der Waals surface area contributed by atoms with E-state index in [2.05, 4.69) is 291 Å². The van der Waals surface area contributed by atoms with Crippen molar-refractivity contribution in [2.45, 2.75) is 0 Å². The van der Waals surface area contributed by atoms with E-state index in [0.29, 0.717) is 17.5 Å². The molecular formula is C75H47N7. The Bertz CT molecular complexity index is 5120. The molecule has 0 atom stereocenters. The summed E-state index contributed by atoms with van der Waals surface area (Å²) in [6, 6.07) is 103. The molecule has 0 aliphatic carbocycles. The van der Waals surface area contributed by atoms with Crippen LogP contribution in [0.3, 0.4) is 0 Å². The van der Waals surface area contributed by atoms with E-state index in [4.69, 9.17) is 15.0 Å². The monoisotopic (exact) mass is 1050 g/mol. The fourth-order valence-electron chi connectivity index (χ4n) is 13.2. The Hall–Kier alpha value is -11.2. The predicted molar refractivity (Wildman–Crippen MR) is 339 cm³/mol. The highest BCUT2D eigenvalue weighted by Gasteiger charge is 2.36. The van der Waals surface area contributed by atoms with Gasteiger partial charge in [-0.1, -0.05) is 237 Å². The number of para-hydroxylation sites is 8. The van der Waals surface area contributed by atoms with Gasteiger partial charge in [-0.05, 0) is 54.1 Å². The molecule has 0 saturated heterocycles. The van der Waals surface area contributed by atoms with Crippen LogP contribution in [-0.4, -0.2) is 33.2 Å². The van der Waals surface area contributed by atoms with E-state index in [1.165, 1.54) is 0 Å². The number of aromatic nitrogens is 7. The van der Waals surface area contributed by atoms with E-state index in [9.17, 15) is 0 Å². The lowest BCUT2D eigenvalue weighted by molar-refractivity contribution is 1.01. The average molecular weight is 1050 g/mol. The zero-order valence-electron chi connectivity index (χ0n) is 44.3. The molecule has 5 aromatic heterocycles. The standard InChI is InChI=1S/C75H47N7/c1-4-26-48(27-5-1)67-68(75-77-73(49-28-6-2-7-29-49)76-74(78-75)50-30-8-3-9-31-50)70(80-61-42-20-12-34-53(61)54-35-13-21-43-62(54)80)72(82-65-46-24-16-38-57(65)58-39-17-25-47-66(58)82)71(81-63-44-22-14-36-55(63)56-37-15-23-45-64(56)81)69(67)79-59-40-18-10-32-51(59)52-33-11-19-41-60(52)79/h1-47H. The van der Waals surface area contributed by atoms with Gasteiger partial charge in [-0.25, -0.2) is 15.0 Å². The van der Waals surface area contributed by atoms with Gasteiger partial charge >= 0.3 is 0 Å². The highest BCUT2D eigenvalue weighted by atomic mass is 15.2. The predicted octanol–water partition coefficient (Wildman–Crippen LogP) is 18.9. The van der Waals surface area contributed by atoms with Crippen molar-refractivity contribution in [3.8, 4) is 68.0 Å². The van der Waals surface area contributed by atoms with Crippen molar-refractivity contribution in [1.29, 1.82) is 0 Å². The number of benzene rings is 12. The third-order valence-electron chi connectivity index (χ3n) is 16.6. The first-order valence-corrected chi connectivity index (χ1v) is 27.9. The number of fused-ring (bicyclic) bond motifs is 12. The summed E-state index contributed by atoms with van der Waals surface area (Å²) in [7, 11) is 0. The van der Waals surface area contributed by atoms with Crippen molar-refractivity contribution in [1.82, 2.24) is 33.2 Å². The Kier molecular flexibility index (Phi) is 10.2. The summed E-state index contributed by atoms with van der Waals surface area (Å²) in [5.41, 5.74) is 16.9. The van der Waals surface area contributed by atoms with Crippen LogP contribution in [0.15, 0.2) is 285 Å². The van der Waals surface area contributed by atoms with E-state index >= 15 is 0 Å². The number of hydrogen-bond donors (Lipinski definition) is 0. The molecule has 12 aromatic carbocycles. The van der Waals surface area contributed by atoms with Gasteiger partial charge in [0.1, 0.15) is 0 Å². The molecule has 0 spiro atoms. The van der Waals surface area contributed by atoms with Gasteiger partial charge in [0.25, 0.3) is 0 Å². The lowest BCUT2D eigenvalue weighted by Gasteiger charge is -2.31. The molecule has 0 saturated carbocycles. The molecule has 5 heterocycles. The molecule has 17 rings (SSSR count). The van der Waals surface area contributed by atoms with E-state index in [-0.39, 0.29) is 0 Å². The third kappa shape index (κ3) is 6.74. The minimum Gasteiger partial charge on any atom is -0.306 e. The lowest BCUT2D eigenvalue weighted by Crippen LogP contribution is -2.17. The topological polar surface area (TPSA) is 58.4 Å². The van der Waals surface area contributed by atoms with E-state index in [1.54, 1.807) is 0 Å². The second kappa shape index (κ2) is 18.2. The average Bonchev–Trinajstić information content (AvgIpc) is 2.35. The second-order valence-electron chi connectivity index (χ2n) is 21.0. The molecule has 17 aromatic rings. The maximum atomic E-state index is 5.84. The molecule has 0 fully saturated rings. The number of rotatable bonds is 8. The number of nitrogens with zero attached hydrogens (tertiary/aromatic N) is 7. The molecule has 7 nitrogen and oxygen atoms in total. The Morgan fingerprint density at radius 1 is 0.171 bits per heavy atom. The smallest absolute Gasteiger partial charge is 0.166 e. The van der Waals surface area contributed by atoms with Gasteiger partial charge in [0.05, 0.1) is 72.4 Å². The molecule has 382 valence electrons.